The fourth-order valence-electron chi connectivity index (χ4n) is 1.93. The summed E-state index contributed by atoms with van der Waals surface area (Å²) < 4.78 is 0. The van der Waals surface area contributed by atoms with Crippen molar-refractivity contribution in [3.63, 3.8) is 0 Å². The molecule has 0 fully saturated rings. The molecule has 1 N–H and O–H groups in total. The summed E-state index contributed by atoms with van der Waals surface area (Å²) in [7, 11) is 0. The van der Waals surface area contributed by atoms with Crippen LogP contribution in [-0.4, -0.2) is 5.78 Å². The van der Waals surface area contributed by atoms with Gasteiger partial charge in [0.1, 0.15) is 0 Å². The maximum Gasteiger partial charge on any atom is 0.168 e. The van der Waals surface area contributed by atoms with Crippen molar-refractivity contribution >= 4 is 23.2 Å². The maximum absolute atomic E-state index is 11.9. The van der Waals surface area contributed by atoms with Gasteiger partial charge < -0.3 is 5.32 Å². The summed E-state index contributed by atoms with van der Waals surface area (Å²) in [5, 5.41) is 3.31. The van der Waals surface area contributed by atoms with E-state index in [0.29, 0.717) is 0 Å². The molecule has 108 valence electrons. The van der Waals surface area contributed by atoms with Crippen LogP contribution in [-0.2, 0) is 4.79 Å². The molecule has 0 atom stereocenters. The summed E-state index contributed by atoms with van der Waals surface area (Å²) in [5.41, 5.74) is 3.08. The molecule has 2 aromatic carbocycles. The maximum atomic E-state index is 11.9. The molecule has 2 aromatic rings. The Morgan fingerprint density at radius 2 is 1.57 bits per heavy atom. The van der Waals surface area contributed by atoms with Crippen LogP contribution in [0.4, 0.5) is 5.69 Å². The molecule has 0 unspecified atom stereocenters. The van der Waals surface area contributed by atoms with E-state index in [-0.39, 0.29) is 5.78 Å². The molecule has 0 bridgehead atoms. The molecule has 0 aliphatic rings. The first-order valence-corrected chi connectivity index (χ1v) is 7.66. The van der Waals surface area contributed by atoms with Crippen LogP contribution in [0, 0.1) is 6.92 Å². The van der Waals surface area contributed by atoms with E-state index in [1.54, 1.807) is 6.92 Å². The average Bonchev–Trinajstić information content (AvgIpc) is 2.48. The molecule has 0 saturated carbocycles. The lowest BCUT2D eigenvalue weighted by Gasteiger charge is -2.12. The van der Waals surface area contributed by atoms with Gasteiger partial charge in [0.2, 0.25) is 0 Å². The van der Waals surface area contributed by atoms with E-state index in [2.05, 4.69) is 12.2 Å². The van der Waals surface area contributed by atoms with Gasteiger partial charge in [-0.05, 0) is 45.0 Å². The van der Waals surface area contributed by atoms with Crippen molar-refractivity contribution in [2.45, 2.75) is 25.7 Å². The molecule has 2 rings (SSSR count). The molecule has 2 nitrogen and oxygen atoms in total. The highest BCUT2D eigenvalue weighted by Gasteiger charge is 2.10. The Morgan fingerprint density at radius 1 is 0.952 bits per heavy atom. The Hall–Kier alpha value is -2.00. The number of carbonyl (C=O) groups is 1. The number of allylic oxidation sites excluding steroid dienone is 2. The lowest BCUT2D eigenvalue weighted by Crippen LogP contribution is -2.04. The summed E-state index contributed by atoms with van der Waals surface area (Å²) in [6.07, 6.45) is 0. The first-order chi connectivity index (χ1) is 10.1. The molecule has 0 spiro atoms. The molecule has 0 heterocycles. The number of thioether (sulfide) groups is 1. The van der Waals surface area contributed by atoms with Crippen LogP contribution in [0.1, 0.15) is 19.4 Å². The molecule has 0 aliphatic carbocycles. The number of Topliss-reactive ketones (excluding diaryl/α,β-unsaturated/α-hetero) is 1. The predicted octanol–water partition coefficient (Wildman–Crippen LogP) is 5.02. The van der Waals surface area contributed by atoms with Crippen molar-refractivity contribution in [3.05, 3.63) is 70.8 Å². The van der Waals surface area contributed by atoms with E-state index in [1.165, 1.54) is 17.3 Å². The largest absolute Gasteiger partial charge is 0.358 e. The second-order valence-corrected chi connectivity index (χ2v) is 6.00. The smallest absolute Gasteiger partial charge is 0.168 e. The monoisotopic (exact) mass is 297 g/mol. The first-order valence-electron chi connectivity index (χ1n) is 6.84. The average molecular weight is 297 g/mol. The second kappa shape index (κ2) is 7.14. The minimum absolute atomic E-state index is 0.0703. The quantitative estimate of drug-likeness (QED) is 0.620. The van der Waals surface area contributed by atoms with Crippen molar-refractivity contribution in [1.82, 2.24) is 0 Å². The summed E-state index contributed by atoms with van der Waals surface area (Å²) in [4.78, 5) is 13.7. The molecule has 21 heavy (non-hydrogen) atoms. The number of nitrogens with one attached hydrogen (secondary N) is 1. The van der Waals surface area contributed by atoms with Gasteiger partial charge in [-0.25, -0.2) is 0 Å². The van der Waals surface area contributed by atoms with Crippen molar-refractivity contribution < 1.29 is 4.79 Å². The molecule has 0 amide bonds. The zero-order chi connectivity index (χ0) is 15.2. The van der Waals surface area contributed by atoms with Crippen LogP contribution >= 0.6 is 11.8 Å². The normalized spacial score (nSPS) is 11.8. The van der Waals surface area contributed by atoms with Gasteiger partial charge in [-0.1, -0.05) is 47.7 Å². The lowest BCUT2D eigenvalue weighted by atomic mass is 10.2. The van der Waals surface area contributed by atoms with Crippen LogP contribution < -0.4 is 5.32 Å². The molecule has 3 heteroatoms. The van der Waals surface area contributed by atoms with Crippen molar-refractivity contribution in [2.24, 2.45) is 0 Å². The predicted molar refractivity (Wildman–Crippen MR) is 90.5 cm³/mol. The van der Waals surface area contributed by atoms with E-state index < -0.39 is 0 Å². The number of carbonyl (C=O) groups excluding carboxylic acids is 1. The highest BCUT2D eigenvalue weighted by atomic mass is 32.2. The van der Waals surface area contributed by atoms with Gasteiger partial charge in [-0.3, -0.25) is 4.79 Å². The number of hydrogen-bond donors (Lipinski definition) is 1. The van der Waals surface area contributed by atoms with Gasteiger partial charge in [0.25, 0.3) is 0 Å². The summed E-state index contributed by atoms with van der Waals surface area (Å²) >= 11 is 1.49. The summed E-state index contributed by atoms with van der Waals surface area (Å²) in [6, 6.07) is 18.1. The third kappa shape index (κ3) is 4.50. The Morgan fingerprint density at radius 3 is 2.14 bits per heavy atom. The van der Waals surface area contributed by atoms with Gasteiger partial charge in [0.05, 0.1) is 4.91 Å². The van der Waals surface area contributed by atoms with Crippen molar-refractivity contribution in [1.29, 1.82) is 0 Å². The van der Waals surface area contributed by atoms with Gasteiger partial charge in [-0.15, -0.1) is 0 Å². The number of benzene rings is 2. The van der Waals surface area contributed by atoms with Crippen LogP contribution in [0.2, 0.25) is 0 Å². The number of anilines is 1. The molecular weight excluding hydrogens is 278 g/mol. The molecular formula is C18H19NOS. The van der Waals surface area contributed by atoms with E-state index in [9.17, 15) is 4.79 Å². The SMILES string of the molecule is CC(=O)/C(Sc1ccccc1)=C(/C)Nc1ccc(C)cc1. The number of rotatable bonds is 5. The first kappa shape index (κ1) is 15.4. The van der Waals surface area contributed by atoms with Crippen molar-refractivity contribution in [3.8, 4) is 0 Å². The van der Waals surface area contributed by atoms with Crippen LogP contribution in [0.15, 0.2) is 70.1 Å². The van der Waals surface area contributed by atoms with Crippen molar-refractivity contribution in [2.75, 3.05) is 5.32 Å². The van der Waals surface area contributed by atoms with Gasteiger partial charge in [0.15, 0.2) is 5.78 Å². The van der Waals surface area contributed by atoms with E-state index >= 15 is 0 Å². The topological polar surface area (TPSA) is 29.1 Å². The molecule has 0 radical (unpaired) electrons. The van der Waals surface area contributed by atoms with Gasteiger partial charge >= 0.3 is 0 Å². The van der Waals surface area contributed by atoms with Gasteiger partial charge in [0, 0.05) is 16.3 Å². The van der Waals surface area contributed by atoms with E-state index in [4.69, 9.17) is 0 Å². The zero-order valence-corrected chi connectivity index (χ0v) is 13.3. The zero-order valence-electron chi connectivity index (χ0n) is 12.5. The number of hydrogen-bond acceptors (Lipinski definition) is 3. The van der Waals surface area contributed by atoms with Crippen LogP contribution in [0.5, 0.6) is 0 Å². The Balaban J connectivity index is 2.22. The van der Waals surface area contributed by atoms with E-state index in [0.717, 1.165) is 21.2 Å². The minimum Gasteiger partial charge on any atom is -0.358 e. The highest BCUT2D eigenvalue weighted by Crippen LogP contribution is 2.29. The number of aryl methyl sites for hydroxylation is 1. The second-order valence-electron chi connectivity index (χ2n) is 4.92. The lowest BCUT2D eigenvalue weighted by molar-refractivity contribution is -0.113. The van der Waals surface area contributed by atoms with Crippen LogP contribution in [0.25, 0.3) is 0 Å². The third-order valence-corrected chi connectivity index (χ3v) is 4.31. The van der Waals surface area contributed by atoms with Gasteiger partial charge in [-0.2, -0.15) is 0 Å². The summed E-state index contributed by atoms with van der Waals surface area (Å²) in [6.45, 7) is 5.59. The molecule has 0 aromatic heterocycles. The molecule has 0 aliphatic heterocycles. The highest BCUT2D eigenvalue weighted by molar-refractivity contribution is 8.04. The summed E-state index contributed by atoms with van der Waals surface area (Å²) in [5.74, 6) is 0.0703. The Labute approximate surface area is 130 Å². The van der Waals surface area contributed by atoms with E-state index in [1.807, 2.05) is 61.5 Å². The standard InChI is InChI=1S/C18H19NOS/c1-13-9-11-16(12-10-13)19-14(2)18(15(3)20)21-17-7-5-4-6-8-17/h4-12,19H,1-3H3/b18-14+. The Bertz CT molecular complexity index is 645. The Kier molecular flexibility index (Phi) is 5.23. The van der Waals surface area contributed by atoms with Crippen LogP contribution in [0.3, 0.4) is 0 Å². The number of ketones is 1. The minimum atomic E-state index is 0.0703. The fraction of sp³-hybridized carbons (Fsp3) is 0.167. The third-order valence-electron chi connectivity index (χ3n) is 3.01. The molecule has 0 saturated heterocycles. The fourth-order valence-corrected chi connectivity index (χ4v) is 2.81.